The number of hydrogen-bond donors (Lipinski definition) is 1. The first-order valence-electron chi connectivity index (χ1n) is 3.57. The summed E-state index contributed by atoms with van der Waals surface area (Å²) in [4.78, 5) is 10.0. The summed E-state index contributed by atoms with van der Waals surface area (Å²) in [6.45, 7) is 4.00. The van der Waals surface area contributed by atoms with E-state index in [0.717, 1.165) is 0 Å². The van der Waals surface area contributed by atoms with Crippen LogP contribution in [0.2, 0.25) is 0 Å². The minimum absolute atomic E-state index is 0.125. The van der Waals surface area contributed by atoms with Crippen molar-refractivity contribution in [2.45, 2.75) is 13.8 Å². The molecule has 11 heavy (non-hydrogen) atoms. The van der Waals surface area contributed by atoms with E-state index in [0.29, 0.717) is 11.8 Å². The lowest BCUT2D eigenvalue weighted by Gasteiger charge is -1.89. The lowest BCUT2D eigenvalue weighted by Crippen LogP contribution is -1.75. The van der Waals surface area contributed by atoms with Crippen molar-refractivity contribution in [1.29, 1.82) is 0 Å². The molecule has 1 rings (SSSR count). The van der Waals surface area contributed by atoms with Gasteiger partial charge < -0.3 is 5.11 Å². The molecular weight excluding hydrogens is 140 g/mol. The number of aldehydes is 1. The van der Waals surface area contributed by atoms with E-state index in [-0.39, 0.29) is 5.75 Å². The molecule has 0 unspecified atom stereocenters. The zero-order valence-electron chi connectivity index (χ0n) is 6.74. The third kappa shape index (κ3) is 3.40. The fourth-order valence-electron chi connectivity index (χ4n) is 0.598. The Bertz CT molecular complexity index is 219. The van der Waals surface area contributed by atoms with Crippen LogP contribution in [-0.2, 0) is 0 Å². The average molecular weight is 152 g/mol. The Kier molecular flexibility index (Phi) is 4.82. The van der Waals surface area contributed by atoms with E-state index < -0.39 is 0 Å². The number of hydrogen-bond acceptors (Lipinski definition) is 2. The van der Waals surface area contributed by atoms with Gasteiger partial charge in [-0.3, -0.25) is 4.79 Å². The SMILES string of the molecule is CC.O=Cc1cccc(O)c1. The molecule has 0 amide bonds. The molecule has 0 aliphatic heterocycles. The van der Waals surface area contributed by atoms with Crippen LogP contribution in [0.1, 0.15) is 24.2 Å². The maximum absolute atomic E-state index is 10.0. The van der Waals surface area contributed by atoms with Gasteiger partial charge in [0.1, 0.15) is 12.0 Å². The smallest absolute Gasteiger partial charge is 0.150 e. The molecule has 0 radical (unpaired) electrons. The van der Waals surface area contributed by atoms with E-state index in [4.69, 9.17) is 5.11 Å². The van der Waals surface area contributed by atoms with Crippen molar-refractivity contribution in [3.63, 3.8) is 0 Å². The minimum Gasteiger partial charge on any atom is -0.508 e. The Hall–Kier alpha value is -1.31. The standard InChI is InChI=1S/C7H6O2.C2H6/c8-5-6-2-1-3-7(9)4-6;1-2/h1-5,9H;1-2H3. The Morgan fingerprint density at radius 2 is 2.00 bits per heavy atom. The molecule has 1 aromatic carbocycles. The lowest BCUT2D eigenvalue weighted by molar-refractivity contribution is 0.112. The van der Waals surface area contributed by atoms with Crippen molar-refractivity contribution in [2.75, 3.05) is 0 Å². The average Bonchev–Trinajstić information content (AvgIpc) is 2.08. The highest BCUT2D eigenvalue weighted by Crippen LogP contribution is 2.07. The second-order valence-electron chi connectivity index (χ2n) is 1.71. The highest BCUT2D eigenvalue weighted by atomic mass is 16.3. The first-order valence-corrected chi connectivity index (χ1v) is 3.57. The van der Waals surface area contributed by atoms with E-state index >= 15 is 0 Å². The van der Waals surface area contributed by atoms with E-state index in [2.05, 4.69) is 0 Å². The van der Waals surface area contributed by atoms with Gasteiger partial charge in [-0.05, 0) is 12.1 Å². The van der Waals surface area contributed by atoms with Crippen LogP contribution in [0, 0.1) is 0 Å². The zero-order valence-corrected chi connectivity index (χ0v) is 6.74. The molecule has 0 aliphatic carbocycles. The number of carbonyl (C=O) groups is 1. The summed E-state index contributed by atoms with van der Waals surface area (Å²) in [6, 6.07) is 6.19. The maximum atomic E-state index is 10.0. The Balaban J connectivity index is 0.000000461. The van der Waals surface area contributed by atoms with Gasteiger partial charge in [0, 0.05) is 5.56 Å². The summed E-state index contributed by atoms with van der Waals surface area (Å²) in [7, 11) is 0. The molecule has 2 heteroatoms. The van der Waals surface area contributed by atoms with Crippen molar-refractivity contribution in [2.24, 2.45) is 0 Å². The van der Waals surface area contributed by atoms with Gasteiger partial charge in [0.05, 0.1) is 0 Å². The first-order chi connectivity index (χ1) is 5.33. The third-order valence-electron chi connectivity index (χ3n) is 1.01. The van der Waals surface area contributed by atoms with Gasteiger partial charge in [0.2, 0.25) is 0 Å². The normalized spacial score (nSPS) is 7.82. The maximum Gasteiger partial charge on any atom is 0.150 e. The Morgan fingerprint density at radius 3 is 2.36 bits per heavy atom. The third-order valence-corrected chi connectivity index (χ3v) is 1.01. The number of phenols is 1. The summed E-state index contributed by atoms with van der Waals surface area (Å²) in [6.07, 6.45) is 0.694. The van der Waals surface area contributed by atoms with Crippen LogP contribution < -0.4 is 0 Å². The van der Waals surface area contributed by atoms with Crippen LogP contribution >= 0.6 is 0 Å². The van der Waals surface area contributed by atoms with Crippen LogP contribution in [0.4, 0.5) is 0 Å². The van der Waals surface area contributed by atoms with Gasteiger partial charge in [-0.2, -0.15) is 0 Å². The molecule has 0 atom stereocenters. The monoisotopic (exact) mass is 152 g/mol. The van der Waals surface area contributed by atoms with Crippen LogP contribution in [0.5, 0.6) is 5.75 Å². The molecule has 0 saturated carbocycles. The summed E-state index contributed by atoms with van der Waals surface area (Å²) >= 11 is 0. The molecular formula is C9H12O2. The van der Waals surface area contributed by atoms with Gasteiger partial charge in [0.25, 0.3) is 0 Å². The van der Waals surface area contributed by atoms with Crippen molar-refractivity contribution in [3.8, 4) is 5.75 Å². The largest absolute Gasteiger partial charge is 0.508 e. The number of phenolic OH excluding ortho intramolecular Hbond substituents is 1. The fraction of sp³-hybridized carbons (Fsp3) is 0.222. The molecule has 0 heterocycles. The highest BCUT2D eigenvalue weighted by molar-refractivity contribution is 5.75. The predicted octanol–water partition coefficient (Wildman–Crippen LogP) is 2.23. The summed E-state index contributed by atoms with van der Waals surface area (Å²) in [5.41, 5.74) is 0.495. The molecule has 0 aliphatic rings. The Labute approximate surface area is 66.5 Å². The predicted molar refractivity (Wildman–Crippen MR) is 44.8 cm³/mol. The van der Waals surface area contributed by atoms with E-state index in [1.807, 2.05) is 13.8 Å². The van der Waals surface area contributed by atoms with Crippen molar-refractivity contribution in [3.05, 3.63) is 29.8 Å². The zero-order chi connectivity index (χ0) is 8.69. The van der Waals surface area contributed by atoms with E-state index in [1.54, 1.807) is 12.1 Å². The molecule has 0 spiro atoms. The second-order valence-corrected chi connectivity index (χ2v) is 1.71. The van der Waals surface area contributed by atoms with Crippen LogP contribution in [0.15, 0.2) is 24.3 Å². The molecule has 2 nitrogen and oxygen atoms in total. The lowest BCUT2D eigenvalue weighted by atomic mass is 10.2. The number of aromatic hydroxyl groups is 1. The Morgan fingerprint density at radius 1 is 1.36 bits per heavy atom. The molecule has 0 aromatic heterocycles. The van der Waals surface area contributed by atoms with Crippen LogP contribution in [0.25, 0.3) is 0 Å². The van der Waals surface area contributed by atoms with Gasteiger partial charge in [-0.15, -0.1) is 0 Å². The number of carbonyl (C=O) groups excluding carboxylic acids is 1. The van der Waals surface area contributed by atoms with Gasteiger partial charge >= 0.3 is 0 Å². The van der Waals surface area contributed by atoms with Gasteiger partial charge in [0.15, 0.2) is 0 Å². The van der Waals surface area contributed by atoms with Crippen LogP contribution in [0.3, 0.4) is 0 Å². The van der Waals surface area contributed by atoms with Gasteiger partial charge in [-0.1, -0.05) is 26.0 Å². The molecule has 0 saturated heterocycles. The number of rotatable bonds is 1. The van der Waals surface area contributed by atoms with Crippen molar-refractivity contribution >= 4 is 6.29 Å². The fourth-order valence-corrected chi connectivity index (χ4v) is 0.598. The summed E-state index contributed by atoms with van der Waals surface area (Å²) in [5, 5.41) is 8.79. The van der Waals surface area contributed by atoms with E-state index in [1.165, 1.54) is 12.1 Å². The van der Waals surface area contributed by atoms with E-state index in [9.17, 15) is 4.79 Å². The molecule has 0 bridgehead atoms. The topological polar surface area (TPSA) is 37.3 Å². The van der Waals surface area contributed by atoms with Gasteiger partial charge in [-0.25, -0.2) is 0 Å². The minimum atomic E-state index is 0.125. The molecule has 0 fully saturated rings. The summed E-state index contributed by atoms with van der Waals surface area (Å²) < 4.78 is 0. The molecule has 1 aromatic rings. The van der Waals surface area contributed by atoms with Crippen LogP contribution in [-0.4, -0.2) is 11.4 Å². The highest BCUT2D eigenvalue weighted by Gasteiger charge is 1.88. The summed E-state index contributed by atoms with van der Waals surface area (Å²) in [5.74, 6) is 0.125. The molecule has 1 N–H and O–H groups in total. The quantitative estimate of drug-likeness (QED) is 0.626. The number of benzene rings is 1. The van der Waals surface area contributed by atoms with Crippen molar-refractivity contribution in [1.82, 2.24) is 0 Å². The molecule has 60 valence electrons. The van der Waals surface area contributed by atoms with Crippen molar-refractivity contribution < 1.29 is 9.90 Å². The first kappa shape index (κ1) is 9.69. The second kappa shape index (κ2) is 5.47.